The van der Waals surface area contributed by atoms with Gasteiger partial charge in [-0.05, 0) is 120 Å². The average molecular weight is 2160 g/mol. The lowest BCUT2D eigenvalue weighted by Crippen LogP contribution is -2.43. The molecular weight excluding hydrogens is 2030 g/mol. The lowest BCUT2D eigenvalue weighted by atomic mass is 10.1. The number of alkyl halides is 3. The molecule has 0 bridgehead atoms. The third-order valence-corrected chi connectivity index (χ3v) is 28.3. The number of carbonyl (C=O) groups excluding carboxylic acids is 8. The van der Waals surface area contributed by atoms with Gasteiger partial charge >= 0.3 is 0 Å². The zero-order chi connectivity index (χ0) is 101. The minimum Gasteiger partial charge on any atom is -0.493 e. The van der Waals surface area contributed by atoms with Crippen LogP contribution in [-0.2, 0) is 59.7 Å². The molecule has 0 radical (unpaired) electrons. The topological polar surface area (TPSA) is 372 Å². The van der Waals surface area contributed by atoms with E-state index in [0.717, 1.165) is 87.7 Å². The van der Waals surface area contributed by atoms with Gasteiger partial charge in [0.1, 0.15) is 18.0 Å². The number of pyridine rings is 5. The predicted molar refractivity (Wildman–Crippen MR) is 576 cm³/mol. The Bertz CT molecular complexity index is 4470. The first-order chi connectivity index (χ1) is 66.4. The average Bonchev–Trinajstić information content (AvgIpc) is 1.04. The Kier molecular flexibility index (Phi) is 76.7. The molecule has 5 aromatic heterocycles. The number of ether oxygens (including phenoxy) is 9. The van der Waals surface area contributed by atoms with Gasteiger partial charge in [-0.3, -0.25) is 43.3 Å². The highest BCUT2D eigenvalue weighted by atomic mass is 35.5. The Labute approximate surface area is 871 Å². The van der Waals surface area contributed by atoms with Crippen molar-refractivity contribution < 1.29 is 99.3 Å². The Hall–Kier alpha value is -8.58. The van der Waals surface area contributed by atoms with Gasteiger partial charge in [-0.25, -0.2) is 0 Å². The van der Waals surface area contributed by atoms with Crippen molar-refractivity contribution in [3.05, 3.63) is 204 Å². The van der Waals surface area contributed by atoms with Crippen LogP contribution in [0.15, 0.2) is 159 Å². The minimum atomic E-state index is -0.508. The normalized spacial score (nSPS) is 10.7. The fraction of sp³-hybridized carbons (Fsp3) is 0.421. The van der Waals surface area contributed by atoms with Crippen LogP contribution in [0, 0.1) is 20.8 Å². The van der Waals surface area contributed by atoms with E-state index >= 15 is 0 Å². The molecule has 6 amide bonds. The van der Waals surface area contributed by atoms with Crippen molar-refractivity contribution >= 4 is 216 Å². The summed E-state index contributed by atoms with van der Waals surface area (Å²) in [7, 11) is 27.6. The standard InChI is InChI=1S/C40H46N4O8S2.C20H26N4O2S2.C10H12O4.C8H14Cl2N2O2S2.C6H7N.C5H10.C4H12N2S2.C2H2Cl2O.ClH/c1-47-33-23-31(24-34(48-2)39(33)51-5)9-7-29-11-17-43(18-12-29)27-37(45)41-15-21-53-54-22-16-42-38(46)28-44-19-13-30(14-20-44)8-10-32-25-35(49-3)40(52-6)36(26-32)50-4;1-17-3-9-23(10-4-17)15-19(25)21-7-13-27-28-14-8-22-20(26)16-24-11-5-18(2)6-12-24;1-12-8-4-7(6-11)5-9(13-2)10(8)14-3;9-5-7(13)11-1-3-15-16-4-2-12-8(14)6-10;1-6-2-4-7-5-3-6;1-2-4-5-3-1;5-1-3-7-8-4-2-6;3-1-2(4)5;/h7-14,17-20,23-26H,15-16,21-22,27-28H2,1-6H3;3-6,9-12H,7-8,13-16H2,1-2H3;4-6H,1-3H3;1-6H2,(H,11,13)(H,12,14);2-5H,1H3;1-5H2;1-6H2;1H2;1H/p+4/b9-7+,10-8+;;;;;;;;. The first-order valence-corrected chi connectivity index (χ1v) is 55.1. The highest BCUT2D eigenvalue weighted by molar-refractivity contribution is 8.77. The first kappa shape index (κ1) is 127. The number of nitrogens with two attached hydrogens (primary N) is 2. The molecule has 30 nitrogen and oxygen atoms in total. The number of rotatable bonds is 51. The summed E-state index contributed by atoms with van der Waals surface area (Å²) in [4.78, 5) is 94.0. The predicted octanol–water partition coefficient (Wildman–Crippen LogP) is 13.8. The summed E-state index contributed by atoms with van der Waals surface area (Å²) >= 11 is 20.1. The quantitative estimate of drug-likeness (QED) is 0.00438. The number of aldehydes is 1. The second-order valence-electron chi connectivity index (χ2n) is 28.2. The number of nitrogens with zero attached hydrogens (tertiary/aromatic N) is 5. The molecule has 43 heteroatoms. The lowest BCUT2D eigenvalue weighted by molar-refractivity contribution is -0.684. The van der Waals surface area contributed by atoms with E-state index in [1.54, 1.807) is 154 Å². The molecule has 8 aromatic rings. The molecule has 138 heavy (non-hydrogen) atoms. The summed E-state index contributed by atoms with van der Waals surface area (Å²) in [6.07, 6.45) is 34.8. The molecule has 1 aliphatic carbocycles. The number of nitrogens with one attached hydrogen (secondary N) is 6. The molecule has 1 saturated carbocycles. The number of hydrogen-bond donors (Lipinski definition) is 8. The van der Waals surface area contributed by atoms with Gasteiger partial charge in [-0.2, -0.15) is 18.3 Å². The van der Waals surface area contributed by atoms with Crippen LogP contribution in [0.1, 0.15) is 81.4 Å². The molecule has 0 spiro atoms. The van der Waals surface area contributed by atoms with Crippen molar-refractivity contribution in [3.8, 4) is 51.7 Å². The number of aromatic nitrogens is 5. The summed E-state index contributed by atoms with van der Waals surface area (Å²) in [5.74, 6) is 11.3. The Morgan fingerprint density at radius 3 is 0.754 bits per heavy atom. The van der Waals surface area contributed by atoms with E-state index in [2.05, 4.69) is 36.9 Å². The van der Waals surface area contributed by atoms with Crippen LogP contribution in [0.5, 0.6) is 51.7 Å². The van der Waals surface area contributed by atoms with Crippen molar-refractivity contribution in [3.63, 3.8) is 0 Å². The molecule has 9 rings (SSSR count). The fourth-order valence-corrected chi connectivity index (χ4v) is 18.2. The molecule has 0 aliphatic heterocycles. The van der Waals surface area contributed by atoms with Gasteiger partial charge < -0.3 is 86.0 Å². The van der Waals surface area contributed by atoms with Crippen LogP contribution >= 0.6 is 145 Å². The molecule has 10 N–H and O–H groups in total. The largest absolute Gasteiger partial charge is 0.493 e. The van der Waals surface area contributed by atoms with Gasteiger partial charge in [0.2, 0.25) is 60.5 Å². The van der Waals surface area contributed by atoms with Crippen LogP contribution in [0.4, 0.5) is 0 Å². The number of methoxy groups -OCH3 is 9. The number of carbonyl (C=O) groups is 8. The van der Waals surface area contributed by atoms with E-state index in [9.17, 15) is 38.4 Å². The number of benzene rings is 3. The SMILES string of the molecule is C1CCCC1.COc1cc(/C=C/c2cc[n+](CC(=O)NCCSSCCNC(=O)C[n+]3ccc(/C=C/c4cc(OC)c(OC)c(OC)c4)cc3)cc2)cc(OC)c1OC.COc1cc(C=O)cc(OC)c1OC.Cc1cc[n+](CC(=O)NCCSSCCNC(=O)C[n+]2ccc(C)cc2)cc1.Cc1ccncc1.Cl.NCCSSCCN.O=C(CCl)NCCSSCCNC(=O)CCl.O=C(Cl)CCl. The molecule has 5 heterocycles. The molecular formula is C95H134Cl5N13O17S8+4. The minimum absolute atomic E-state index is 0. The summed E-state index contributed by atoms with van der Waals surface area (Å²) in [5, 5.41) is 16.6. The highest BCUT2D eigenvalue weighted by Gasteiger charge is 2.18. The lowest BCUT2D eigenvalue weighted by Gasteiger charge is -2.12. The smallest absolute Gasteiger partial charge is 0.286 e. The number of amides is 6. The second kappa shape index (κ2) is 83.1. The summed E-state index contributed by atoms with van der Waals surface area (Å²) in [5.41, 5.74) is 18.4. The van der Waals surface area contributed by atoms with Crippen molar-refractivity contribution in [1.82, 2.24) is 36.9 Å². The van der Waals surface area contributed by atoms with E-state index in [-0.39, 0.29) is 78.6 Å². The van der Waals surface area contributed by atoms with Gasteiger partial charge in [0.05, 0.1) is 69.9 Å². The van der Waals surface area contributed by atoms with Gasteiger partial charge in [-0.1, -0.05) is 143 Å². The summed E-state index contributed by atoms with van der Waals surface area (Å²) in [6, 6.07) is 30.4. The fourth-order valence-electron chi connectivity index (χ4n) is 10.8. The number of aryl methyl sites for hydroxylation is 3. The molecule has 1 aliphatic rings. The second-order valence-corrected chi connectivity index (χ2v) is 40.2. The highest BCUT2D eigenvalue weighted by Crippen LogP contribution is 2.41. The van der Waals surface area contributed by atoms with E-state index in [1.165, 1.54) is 70.1 Å². The van der Waals surface area contributed by atoms with E-state index in [1.807, 2.05) is 198 Å². The maximum atomic E-state index is 12.5. The van der Waals surface area contributed by atoms with Crippen LogP contribution in [0.25, 0.3) is 24.3 Å². The third-order valence-electron chi connectivity index (χ3n) is 17.6. The Morgan fingerprint density at radius 1 is 0.333 bits per heavy atom. The summed E-state index contributed by atoms with van der Waals surface area (Å²) < 4.78 is 55.1. The van der Waals surface area contributed by atoms with E-state index in [0.29, 0.717) is 110 Å². The molecule has 0 unspecified atom stereocenters. The van der Waals surface area contributed by atoms with Crippen LogP contribution in [0.3, 0.4) is 0 Å². The zero-order valence-electron chi connectivity index (χ0n) is 80.2. The maximum Gasteiger partial charge on any atom is 0.286 e. The molecule has 3 aromatic carbocycles. The first-order valence-electron chi connectivity index (χ1n) is 43.2. The van der Waals surface area contributed by atoms with Crippen molar-refractivity contribution in [2.24, 2.45) is 11.5 Å². The molecule has 0 atom stereocenters. The van der Waals surface area contributed by atoms with Crippen LogP contribution < -0.4 is 104 Å². The number of hydrogen-bond acceptors (Lipinski definition) is 28. The Morgan fingerprint density at radius 2 is 0.551 bits per heavy atom. The summed E-state index contributed by atoms with van der Waals surface area (Å²) in [6.45, 7) is 12.4. The number of halogens is 5. The van der Waals surface area contributed by atoms with Crippen molar-refractivity contribution in [2.75, 3.05) is 180 Å². The van der Waals surface area contributed by atoms with Gasteiger partial charge in [0.15, 0.2) is 84.1 Å². The van der Waals surface area contributed by atoms with Crippen LogP contribution in [-0.4, -0.2) is 232 Å². The molecule has 0 saturated heterocycles. The van der Waals surface area contributed by atoms with Gasteiger partial charge in [-0.15, -0.1) is 47.2 Å². The van der Waals surface area contributed by atoms with Crippen LogP contribution in [0.2, 0.25) is 0 Å². The zero-order valence-corrected chi connectivity index (χ0v) is 90.6. The third kappa shape index (κ3) is 61.2. The van der Waals surface area contributed by atoms with Crippen molar-refractivity contribution in [1.29, 1.82) is 0 Å². The van der Waals surface area contributed by atoms with E-state index in [4.69, 9.17) is 101 Å². The maximum absolute atomic E-state index is 12.5. The van der Waals surface area contributed by atoms with Crippen molar-refractivity contribution in [2.45, 2.75) is 79.1 Å². The van der Waals surface area contributed by atoms with Gasteiger partial charge in [0, 0.05) is 165 Å². The monoisotopic (exact) mass is 2160 g/mol. The Balaban J connectivity index is 0.000000934. The van der Waals surface area contributed by atoms with Gasteiger partial charge in [0.25, 0.3) is 23.6 Å². The van der Waals surface area contributed by atoms with E-state index < -0.39 is 5.24 Å². The molecule has 1 fully saturated rings. The molecule has 760 valence electrons.